The Balaban J connectivity index is 2.34. The number of piperidine rings is 1. The van der Waals surface area contributed by atoms with E-state index in [0.29, 0.717) is 18.7 Å². The van der Waals surface area contributed by atoms with Crippen LogP contribution < -0.4 is 10.1 Å². The predicted octanol–water partition coefficient (Wildman–Crippen LogP) is 2.36. The molecule has 1 aliphatic heterocycles. The highest BCUT2D eigenvalue weighted by Gasteiger charge is 2.40. The van der Waals surface area contributed by atoms with Crippen molar-refractivity contribution in [2.75, 3.05) is 13.7 Å². The Hall–Kier alpha value is -2.57. The number of nitrogens with one attached hydrogen (secondary N) is 1. The molecule has 2 amide bonds. The second-order valence-electron chi connectivity index (χ2n) is 6.87. The lowest BCUT2D eigenvalue weighted by molar-refractivity contribution is -0.147. The molecule has 7 nitrogen and oxygen atoms in total. The number of carboxylic acids is 1. The molecule has 0 radical (unpaired) electrons. The van der Waals surface area contributed by atoms with Crippen LogP contribution in [0.2, 0.25) is 0 Å². The summed E-state index contributed by atoms with van der Waals surface area (Å²) in [6.45, 7) is 4.06. The van der Waals surface area contributed by atoms with Gasteiger partial charge in [-0.25, -0.2) is 0 Å². The fraction of sp³-hybridized carbons (Fsp3) is 0.550. The Morgan fingerprint density at radius 1 is 1.33 bits per heavy atom. The maximum absolute atomic E-state index is 12.8. The third-order valence-corrected chi connectivity index (χ3v) is 4.98. The van der Waals surface area contributed by atoms with Crippen molar-refractivity contribution >= 4 is 17.8 Å². The van der Waals surface area contributed by atoms with Crippen LogP contribution in [0.4, 0.5) is 0 Å². The molecule has 2 unspecified atom stereocenters. The van der Waals surface area contributed by atoms with Crippen molar-refractivity contribution in [1.82, 2.24) is 10.2 Å². The minimum absolute atomic E-state index is 0.0274. The number of ether oxygens (including phenoxy) is 1. The molecule has 1 saturated heterocycles. The van der Waals surface area contributed by atoms with E-state index in [9.17, 15) is 14.4 Å². The van der Waals surface area contributed by atoms with E-state index in [4.69, 9.17) is 9.84 Å². The zero-order chi connectivity index (χ0) is 20.0. The smallest absolute Gasteiger partial charge is 0.325 e. The molecule has 1 heterocycles. The number of hydrogen-bond acceptors (Lipinski definition) is 4. The second kappa shape index (κ2) is 9.39. The minimum Gasteiger partial charge on any atom is -0.497 e. The summed E-state index contributed by atoms with van der Waals surface area (Å²) in [5.74, 6) is -1.19. The van der Waals surface area contributed by atoms with Gasteiger partial charge in [0, 0.05) is 13.0 Å². The SMILES string of the molecule is CCCCN1C(=O)CCC(C(=O)N[C@H](C)C(=O)O)C1c1ccc(OC)cc1. The summed E-state index contributed by atoms with van der Waals surface area (Å²) < 4.78 is 5.20. The summed E-state index contributed by atoms with van der Waals surface area (Å²) in [5, 5.41) is 11.6. The van der Waals surface area contributed by atoms with Crippen molar-refractivity contribution in [3.05, 3.63) is 29.8 Å². The number of unbranched alkanes of at least 4 members (excludes halogenated alkanes) is 1. The first-order chi connectivity index (χ1) is 12.9. The molecule has 27 heavy (non-hydrogen) atoms. The quantitative estimate of drug-likeness (QED) is 0.726. The van der Waals surface area contributed by atoms with E-state index in [1.165, 1.54) is 6.92 Å². The molecule has 148 valence electrons. The average Bonchev–Trinajstić information content (AvgIpc) is 2.66. The Labute approximate surface area is 159 Å². The first-order valence-corrected chi connectivity index (χ1v) is 9.35. The van der Waals surface area contributed by atoms with Gasteiger partial charge in [0.15, 0.2) is 0 Å². The lowest BCUT2D eigenvalue weighted by atomic mass is 9.83. The molecule has 0 aromatic heterocycles. The first kappa shape index (κ1) is 20.7. The molecule has 0 saturated carbocycles. The van der Waals surface area contributed by atoms with E-state index in [2.05, 4.69) is 12.2 Å². The van der Waals surface area contributed by atoms with Gasteiger partial charge in [-0.05, 0) is 37.5 Å². The topological polar surface area (TPSA) is 95.9 Å². The summed E-state index contributed by atoms with van der Waals surface area (Å²) in [4.78, 5) is 38.3. The number of methoxy groups -OCH3 is 1. The standard InChI is InChI=1S/C20H28N2O5/c1-4-5-12-22-17(23)11-10-16(19(24)21-13(2)20(25)26)18(22)14-6-8-15(27-3)9-7-14/h6-9,13,16,18H,4-5,10-12H2,1-3H3,(H,21,24)(H,25,26)/t13-,16?,18?/m1/s1. The molecular formula is C20H28N2O5. The van der Waals surface area contributed by atoms with Crippen LogP contribution in [-0.2, 0) is 14.4 Å². The van der Waals surface area contributed by atoms with Gasteiger partial charge < -0.3 is 20.1 Å². The van der Waals surface area contributed by atoms with Gasteiger partial charge in [-0.2, -0.15) is 0 Å². The fourth-order valence-corrected chi connectivity index (χ4v) is 3.42. The van der Waals surface area contributed by atoms with Crippen LogP contribution in [-0.4, -0.2) is 47.5 Å². The largest absolute Gasteiger partial charge is 0.497 e. The second-order valence-corrected chi connectivity index (χ2v) is 6.87. The molecular weight excluding hydrogens is 348 g/mol. The number of carbonyl (C=O) groups excluding carboxylic acids is 2. The van der Waals surface area contributed by atoms with Gasteiger partial charge in [0.25, 0.3) is 0 Å². The highest BCUT2D eigenvalue weighted by Crippen LogP contribution is 2.37. The third-order valence-electron chi connectivity index (χ3n) is 4.98. The van der Waals surface area contributed by atoms with E-state index >= 15 is 0 Å². The highest BCUT2D eigenvalue weighted by molar-refractivity contribution is 5.88. The van der Waals surface area contributed by atoms with E-state index in [1.54, 1.807) is 24.1 Å². The zero-order valence-electron chi connectivity index (χ0n) is 16.1. The molecule has 1 fully saturated rings. The average molecular weight is 376 g/mol. The molecule has 7 heteroatoms. The molecule has 0 spiro atoms. The number of carbonyl (C=O) groups is 3. The summed E-state index contributed by atoms with van der Waals surface area (Å²) in [6, 6.07) is 5.95. The zero-order valence-corrected chi connectivity index (χ0v) is 16.1. The number of rotatable bonds is 8. The molecule has 0 bridgehead atoms. The first-order valence-electron chi connectivity index (χ1n) is 9.35. The summed E-state index contributed by atoms with van der Waals surface area (Å²) in [7, 11) is 1.58. The lowest BCUT2D eigenvalue weighted by Gasteiger charge is -2.41. The number of aliphatic carboxylic acids is 1. The summed E-state index contributed by atoms with van der Waals surface area (Å²) >= 11 is 0. The van der Waals surface area contributed by atoms with E-state index in [-0.39, 0.29) is 18.2 Å². The molecule has 1 aromatic rings. The molecule has 1 aliphatic rings. The van der Waals surface area contributed by atoms with Gasteiger partial charge in [-0.1, -0.05) is 25.5 Å². The van der Waals surface area contributed by atoms with Gasteiger partial charge >= 0.3 is 5.97 Å². The monoisotopic (exact) mass is 376 g/mol. The molecule has 2 rings (SSSR count). The fourth-order valence-electron chi connectivity index (χ4n) is 3.42. The summed E-state index contributed by atoms with van der Waals surface area (Å²) in [6.07, 6.45) is 2.47. The van der Waals surface area contributed by atoms with Crippen LogP contribution in [0.5, 0.6) is 5.75 Å². The Morgan fingerprint density at radius 2 is 2.00 bits per heavy atom. The molecule has 3 atom stereocenters. The minimum atomic E-state index is -1.08. The number of amides is 2. The van der Waals surface area contributed by atoms with Crippen molar-refractivity contribution in [1.29, 1.82) is 0 Å². The van der Waals surface area contributed by atoms with Crippen LogP contribution >= 0.6 is 0 Å². The van der Waals surface area contributed by atoms with Crippen LogP contribution in [0.15, 0.2) is 24.3 Å². The van der Waals surface area contributed by atoms with Gasteiger partial charge in [-0.3, -0.25) is 14.4 Å². The lowest BCUT2D eigenvalue weighted by Crippen LogP contribution is -2.50. The van der Waals surface area contributed by atoms with Crippen molar-refractivity contribution < 1.29 is 24.2 Å². The van der Waals surface area contributed by atoms with Gasteiger partial charge in [0.1, 0.15) is 11.8 Å². The predicted molar refractivity (Wildman–Crippen MR) is 100 cm³/mol. The van der Waals surface area contributed by atoms with E-state index < -0.39 is 24.0 Å². The van der Waals surface area contributed by atoms with E-state index in [0.717, 1.165) is 18.4 Å². The van der Waals surface area contributed by atoms with E-state index in [1.807, 2.05) is 12.1 Å². The van der Waals surface area contributed by atoms with Crippen LogP contribution in [0.25, 0.3) is 0 Å². The Bertz CT molecular complexity index is 673. The van der Waals surface area contributed by atoms with Gasteiger partial charge in [0.05, 0.1) is 19.1 Å². The maximum atomic E-state index is 12.8. The maximum Gasteiger partial charge on any atom is 0.325 e. The third kappa shape index (κ3) is 4.99. The summed E-state index contributed by atoms with van der Waals surface area (Å²) in [5.41, 5.74) is 0.850. The van der Waals surface area contributed by atoms with Crippen LogP contribution in [0.1, 0.15) is 51.1 Å². The number of nitrogens with zero attached hydrogens (tertiary/aromatic N) is 1. The Kier molecular flexibility index (Phi) is 7.21. The molecule has 0 aliphatic carbocycles. The highest BCUT2D eigenvalue weighted by atomic mass is 16.5. The van der Waals surface area contributed by atoms with Crippen LogP contribution in [0, 0.1) is 5.92 Å². The van der Waals surface area contributed by atoms with Crippen molar-refractivity contribution in [3.8, 4) is 5.75 Å². The normalized spacial score (nSPS) is 20.9. The number of benzene rings is 1. The van der Waals surface area contributed by atoms with Crippen LogP contribution in [0.3, 0.4) is 0 Å². The Morgan fingerprint density at radius 3 is 2.56 bits per heavy atom. The van der Waals surface area contributed by atoms with Crippen molar-refractivity contribution in [2.24, 2.45) is 5.92 Å². The van der Waals surface area contributed by atoms with Gasteiger partial charge in [0.2, 0.25) is 11.8 Å². The number of hydrogen-bond donors (Lipinski definition) is 2. The number of carboxylic acid groups (broad SMARTS) is 1. The molecule has 1 aromatic carbocycles. The van der Waals surface area contributed by atoms with Gasteiger partial charge in [-0.15, -0.1) is 0 Å². The van der Waals surface area contributed by atoms with Crippen molar-refractivity contribution in [2.45, 2.75) is 51.6 Å². The molecule has 2 N–H and O–H groups in total. The number of likely N-dealkylation sites (tertiary alicyclic amines) is 1. The van der Waals surface area contributed by atoms with Crippen molar-refractivity contribution in [3.63, 3.8) is 0 Å².